The highest BCUT2D eigenvalue weighted by molar-refractivity contribution is 5.93. The molecule has 1 aromatic rings. The van der Waals surface area contributed by atoms with Crippen LogP contribution in [0.5, 0.6) is 0 Å². The van der Waals surface area contributed by atoms with Gasteiger partial charge in [0.05, 0.1) is 18.3 Å². The largest absolute Gasteiger partial charge is 0.444 e. The zero-order valence-corrected chi connectivity index (χ0v) is 13.0. The van der Waals surface area contributed by atoms with Crippen molar-refractivity contribution < 1.29 is 19.1 Å². The number of anilines is 1. The van der Waals surface area contributed by atoms with Gasteiger partial charge in [-0.3, -0.25) is 4.90 Å². The van der Waals surface area contributed by atoms with Crippen LogP contribution in [-0.2, 0) is 15.9 Å². The molecule has 2 aliphatic heterocycles. The van der Waals surface area contributed by atoms with Crippen LogP contribution in [0.2, 0.25) is 0 Å². The van der Waals surface area contributed by atoms with Crippen LogP contribution in [0, 0.1) is 0 Å². The predicted octanol–water partition coefficient (Wildman–Crippen LogP) is 2.46. The minimum absolute atomic E-state index is 0.0696. The number of hydrogen-bond acceptors (Lipinski definition) is 4. The number of para-hydroxylation sites is 1. The third-order valence-electron chi connectivity index (χ3n) is 3.74. The summed E-state index contributed by atoms with van der Waals surface area (Å²) < 4.78 is 10.6. The standard InChI is InChI=1S/C16H20N2O4/c1-16(2,3)22-14(19)17-9-13-12-8-10-6-4-5-7-11(10)18(12)15(20)21-13/h4-7,12-13H,8-9H2,1-3H3,(H,17,19)/t12-,13-/m0/s1. The number of carbonyl (C=O) groups excluding carboxylic acids is 2. The second kappa shape index (κ2) is 5.19. The molecule has 2 aliphatic rings. The molecule has 2 atom stereocenters. The van der Waals surface area contributed by atoms with Gasteiger partial charge in [0.1, 0.15) is 11.7 Å². The molecule has 0 aromatic heterocycles. The molecule has 22 heavy (non-hydrogen) atoms. The number of alkyl carbamates (subject to hydrolysis) is 1. The molecule has 6 heteroatoms. The molecule has 0 bridgehead atoms. The van der Waals surface area contributed by atoms with Gasteiger partial charge in [0, 0.05) is 0 Å². The van der Waals surface area contributed by atoms with Crippen LogP contribution >= 0.6 is 0 Å². The summed E-state index contributed by atoms with van der Waals surface area (Å²) in [5, 5.41) is 2.68. The maximum atomic E-state index is 12.1. The molecule has 1 fully saturated rings. The lowest BCUT2D eigenvalue weighted by Crippen LogP contribution is -2.42. The monoisotopic (exact) mass is 304 g/mol. The van der Waals surface area contributed by atoms with Crippen LogP contribution in [0.3, 0.4) is 0 Å². The van der Waals surface area contributed by atoms with Gasteiger partial charge in [0.2, 0.25) is 0 Å². The molecule has 2 heterocycles. The van der Waals surface area contributed by atoms with Crippen molar-refractivity contribution in [2.24, 2.45) is 0 Å². The molecule has 0 radical (unpaired) electrons. The van der Waals surface area contributed by atoms with E-state index in [1.165, 1.54) is 0 Å². The van der Waals surface area contributed by atoms with Crippen molar-refractivity contribution in [3.05, 3.63) is 29.8 Å². The van der Waals surface area contributed by atoms with Crippen LogP contribution in [0.4, 0.5) is 15.3 Å². The Morgan fingerprint density at radius 1 is 1.41 bits per heavy atom. The SMILES string of the molecule is CC(C)(C)OC(=O)NC[C@@H]1OC(=O)N2c3ccccc3C[C@@H]12. The first-order valence-electron chi connectivity index (χ1n) is 7.40. The van der Waals surface area contributed by atoms with Gasteiger partial charge in [-0.25, -0.2) is 9.59 Å². The molecule has 0 aliphatic carbocycles. The van der Waals surface area contributed by atoms with Gasteiger partial charge in [-0.15, -0.1) is 0 Å². The number of cyclic esters (lactones) is 1. The fraction of sp³-hybridized carbons (Fsp3) is 0.500. The molecule has 2 amide bonds. The normalized spacial score (nSPS) is 22.9. The highest BCUT2D eigenvalue weighted by atomic mass is 16.6. The van der Waals surface area contributed by atoms with Crippen molar-refractivity contribution in [2.75, 3.05) is 11.4 Å². The van der Waals surface area contributed by atoms with Crippen molar-refractivity contribution >= 4 is 17.9 Å². The lowest BCUT2D eigenvalue weighted by atomic mass is 10.1. The summed E-state index contributed by atoms with van der Waals surface area (Å²) in [6.45, 7) is 5.66. The van der Waals surface area contributed by atoms with Gasteiger partial charge in [-0.05, 0) is 38.8 Å². The first-order valence-corrected chi connectivity index (χ1v) is 7.40. The van der Waals surface area contributed by atoms with Gasteiger partial charge in [-0.2, -0.15) is 0 Å². The van der Waals surface area contributed by atoms with E-state index in [-0.39, 0.29) is 24.8 Å². The van der Waals surface area contributed by atoms with E-state index in [9.17, 15) is 9.59 Å². The first-order chi connectivity index (χ1) is 10.3. The maximum absolute atomic E-state index is 12.1. The van der Waals surface area contributed by atoms with Gasteiger partial charge < -0.3 is 14.8 Å². The summed E-state index contributed by atoms with van der Waals surface area (Å²) in [4.78, 5) is 25.5. The van der Waals surface area contributed by atoms with Crippen molar-refractivity contribution in [1.82, 2.24) is 5.32 Å². The van der Waals surface area contributed by atoms with Crippen molar-refractivity contribution in [3.8, 4) is 0 Å². The molecule has 0 unspecified atom stereocenters. The van der Waals surface area contributed by atoms with E-state index in [4.69, 9.17) is 9.47 Å². The Bertz CT molecular complexity index is 608. The molecule has 3 rings (SSSR count). The summed E-state index contributed by atoms with van der Waals surface area (Å²) in [5.41, 5.74) is 1.48. The number of carbonyl (C=O) groups is 2. The average Bonchev–Trinajstić information content (AvgIpc) is 2.93. The Morgan fingerprint density at radius 2 is 2.14 bits per heavy atom. The third kappa shape index (κ3) is 2.73. The molecule has 0 spiro atoms. The quantitative estimate of drug-likeness (QED) is 0.911. The third-order valence-corrected chi connectivity index (χ3v) is 3.74. The van der Waals surface area contributed by atoms with Gasteiger partial charge >= 0.3 is 12.2 Å². The number of benzene rings is 1. The average molecular weight is 304 g/mol. The molecule has 118 valence electrons. The van der Waals surface area contributed by atoms with Crippen molar-refractivity contribution in [1.29, 1.82) is 0 Å². The van der Waals surface area contributed by atoms with Crippen LogP contribution in [0.1, 0.15) is 26.3 Å². The molecule has 0 saturated carbocycles. The van der Waals surface area contributed by atoms with Gasteiger partial charge in [0.25, 0.3) is 0 Å². The predicted molar refractivity (Wildman–Crippen MR) is 80.9 cm³/mol. The van der Waals surface area contributed by atoms with E-state index in [1.54, 1.807) is 25.7 Å². The maximum Gasteiger partial charge on any atom is 0.415 e. The summed E-state index contributed by atoms with van der Waals surface area (Å²) >= 11 is 0. The molecule has 6 nitrogen and oxygen atoms in total. The second-order valence-corrected chi connectivity index (χ2v) is 6.58. The van der Waals surface area contributed by atoms with Gasteiger partial charge in [0.15, 0.2) is 0 Å². The van der Waals surface area contributed by atoms with Crippen LogP contribution in [-0.4, -0.2) is 36.5 Å². The number of ether oxygens (including phenoxy) is 2. The lowest BCUT2D eigenvalue weighted by Gasteiger charge is -2.21. The number of nitrogens with zero attached hydrogens (tertiary/aromatic N) is 1. The Kier molecular flexibility index (Phi) is 3.47. The van der Waals surface area contributed by atoms with E-state index in [1.807, 2.05) is 24.3 Å². The molecular formula is C16H20N2O4. The van der Waals surface area contributed by atoms with E-state index in [0.717, 1.165) is 17.7 Å². The van der Waals surface area contributed by atoms with E-state index in [0.29, 0.717) is 0 Å². The van der Waals surface area contributed by atoms with Crippen LogP contribution in [0.25, 0.3) is 0 Å². The zero-order valence-electron chi connectivity index (χ0n) is 13.0. The van der Waals surface area contributed by atoms with Crippen LogP contribution in [0.15, 0.2) is 24.3 Å². The Hall–Kier alpha value is -2.24. The van der Waals surface area contributed by atoms with Crippen molar-refractivity contribution in [3.63, 3.8) is 0 Å². The van der Waals surface area contributed by atoms with E-state index >= 15 is 0 Å². The van der Waals surface area contributed by atoms with Crippen LogP contribution < -0.4 is 10.2 Å². The van der Waals surface area contributed by atoms with Gasteiger partial charge in [-0.1, -0.05) is 18.2 Å². The summed E-state index contributed by atoms with van der Waals surface area (Å²) in [5.74, 6) is 0. The first kappa shape index (κ1) is 14.7. The second-order valence-electron chi connectivity index (χ2n) is 6.58. The number of nitrogens with one attached hydrogen (secondary N) is 1. The summed E-state index contributed by atoms with van der Waals surface area (Å²) in [7, 11) is 0. The number of rotatable bonds is 2. The number of fused-ring (bicyclic) bond motifs is 3. The van der Waals surface area contributed by atoms with E-state index < -0.39 is 11.7 Å². The summed E-state index contributed by atoms with van der Waals surface area (Å²) in [6, 6.07) is 7.72. The molecular weight excluding hydrogens is 284 g/mol. The fourth-order valence-corrected chi connectivity index (χ4v) is 2.89. The highest BCUT2D eigenvalue weighted by Gasteiger charge is 2.47. The zero-order chi connectivity index (χ0) is 15.9. The lowest BCUT2D eigenvalue weighted by molar-refractivity contribution is 0.0489. The minimum Gasteiger partial charge on any atom is -0.444 e. The summed E-state index contributed by atoms with van der Waals surface area (Å²) in [6.07, 6.45) is -0.487. The fourth-order valence-electron chi connectivity index (χ4n) is 2.89. The van der Waals surface area contributed by atoms with E-state index in [2.05, 4.69) is 5.32 Å². The smallest absolute Gasteiger partial charge is 0.415 e. The molecule has 1 saturated heterocycles. The molecule has 1 N–H and O–H groups in total. The molecule has 1 aromatic carbocycles. The Balaban J connectivity index is 1.64. The topological polar surface area (TPSA) is 67.9 Å². The minimum atomic E-state index is -0.550. The Morgan fingerprint density at radius 3 is 2.86 bits per heavy atom. The highest BCUT2D eigenvalue weighted by Crippen LogP contribution is 2.38. The van der Waals surface area contributed by atoms with Crippen molar-refractivity contribution in [2.45, 2.75) is 44.9 Å². The number of hydrogen-bond donors (Lipinski definition) is 1. The Labute approximate surface area is 129 Å². The number of amides is 2.